The Labute approximate surface area is 164 Å². The molecule has 144 valence electrons. The van der Waals surface area contributed by atoms with Crippen molar-refractivity contribution in [3.05, 3.63) is 53.9 Å². The third-order valence-corrected chi connectivity index (χ3v) is 5.79. The molecule has 1 aromatic heterocycles. The summed E-state index contributed by atoms with van der Waals surface area (Å²) in [6.07, 6.45) is 3.54. The van der Waals surface area contributed by atoms with Crippen molar-refractivity contribution in [2.45, 2.75) is 32.2 Å². The predicted octanol–water partition coefficient (Wildman–Crippen LogP) is 4.21. The number of methoxy groups -OCH3 is 1. The van der Waals surface area contributed by atoms with E-state index in [4.69, 9.17) is 14.2 Å². The van der Waals surface area contributed by atoms with Crippen LogP contribution in [0.25, 0.3) is 21.9 Å². The third-order valence-electron chi connectivity index (χ3n) is 5.79. The second-order valence-corrected chi connectivity index (χ2v) is 7.55. The van der Waals surface area contributed by atoms with E-state index < -0.39 is 5.79 Å². The molecule has 0 unspecified atom stereocenters. The zero-order chi connectivity index (χ0) is 19.1. The molecular formula is C23H24N2O3. The van der Waals surface area contributed by atoms with Crippen LogP contribution in [0.5, 0.6) is 11.5 Å². The molecule has 2 aliphatic heterocycles. The van der Waals surface area contributed by atoms with Gasteiger partial charge in [0.05, 0.1) is 13.7 Å². The molecule has 0 amide bonds. The van der Waals surface area contributed by atoms with E-state index in [-0.39, 0.29) is 0 Å². The fourth-order valence-electron chi connectivity index (χ4n) is 4.19. The molecule has 5 heteroatoms. The summed E-state index contributed by atoms with van der Waals surface area (Å²) < 4.78 is 18.3. The van der Waals surface area contributed by atoms with Gasteiger partial charge in [0.1, 0.15) is 0 Å². The lowest BCUT2D eigenvalue weighted by Crippen LogP contribution is -2.50. The smallest absolute Gasteiger partial charge is 0.213 e. The van der Waals surface area contributed by atoms with Crippen LogP contribution in [0.15, 0.2) is 42.6 Å². The molecule has 0 radical (unpaired) electrons. The molecule has 1 fully saturated rings. The second kappa shape index (κ2) is 6.76. The number of hydrogen-bond donors (Lipinski definition) is 1. The van der Waals surface area contributed by atoms with E-state index in [2.05, 4.69) is 46.7 Å². The molecule has 0 atom stereocenters. The average molecular weight is 376 g/mol. The summed E-state index contributed by atoms with van der Waals surface area (Å²) in [7, 11) is 1.70. The van der Waals surface area contributed by atoms with Gasteiger partial charge in [-0.2, -0.15) is 0 Å². The molecule has 1 saturated heterocycles. The quantitative estimate of drug-likeness (QED) is 0.726. The molecule has 0 bridgehead atoms. The third kappa shape index (κ3) is 2.91. The lowest BCUT2D eigenvalue weighted by atomic mass is 9.97. The maximum atomic E-state index is 6.36. The van der Waals surface area contributed by atoms with Crippen LogP contribution < -0.4 is 14.8 Å². The lowest BCUT2D eigenvalue weighted by molar-refractivity contribution is -0.219. The van der Waals surface area contributed by atoms with Gasteiger partial charge in [-0.3, -0.25) is 4.98 Å². The number of nitrogens with zero attached hydrogens (tertiary/aromatic N) is 1. The van der Waals surface area contributed by atoms with Crippen molar-refractivity contribution < 1.29 is 14.2 Å². The lowest BCUT2D eigenvalue weighted by Gasteiger charge is -2.41. The molecule has 1 N–H and O–H groups in total. The Kier molecular flexibility index (Phi) is 4.22. The fraction of sp³-hybridized carbons (Fsp3) is 0.348. The summed E-state index contributed by atoms with van der Waals surface area (Å²) in [5.74, 6) is 1.06. The molecule has 28 heavy (non-hydrogen) atoms. The van der Waals surface area contributed by atoms with E-state index in [0.717, 1.165) is 59.8 Å². The second-order valence-electron chi connectivity index (χ2n) is 7.55. The highest BCUT2D eigenvalue weighted by atomic mass is 16.7. The number of nitrogens with one attached hydrogen (secondary N) is 1. The first-order valence-corrected chi connectivity index (χ1v) is 9.78. The van der Waals surface area contributed by atoms with Gasteiger partial charge in [0, 0.05) is 48.8 Å². The largest absolute Gasteiger partial charge is 0.493 e. The minimum Gasteiger partial charge on any atom is -0.493 e. The van der Waals surface area contributed by atoms with Crippen LogP contribution in [-0.4, -0.2) is 31.0 Å². The highest BCUT2D eigenvalue weighted by Gasteiger charge is 2.40. The minimum atomic E-state index is -0.527. The average Bonchev–Trinajstić information content (AvgIpc) is 2.73. The predicted molar refractivity (Wildman–Crippen MR) is 109 cm³/mol. The normalized spacial score (nSPS) is 17.9. The number of fused-ring (bicyclic) bond motifs is 2. The van der Waals surface area contributed by atoms with Crippen molar-refractivity contribution in [1.82, 2.24) is 10.3 Å². The molecule has 0 aliphatic carbocycles. The zero-order valence-corrected chi connectivity index (χ0v) is 16.2. The van der Waals surface area contributed by atoms with Crippen molar-refractivity contribution in [2.24, 2.45) is 0 Å². The van der Waals surface area contributed by atoms with Crippen LogP contribution in [-0.2, 0) is 11.3 Å². The monoisotopic (exact) mass is 376 g/mol. The van der Waals surface area contributed by atoms with Crippen LogP contribution in [0.4, 0.5) is 0 Å². The van der Waals surface area contributed by atoms with Crippen LogP contribution >= 0.6 is 0 Å². The Balaban J connectivity index is 1.56. The van der Waals surface area contributed by atoms with Gasteiger partial charge < -0.3 is 19.5 Å². The van der Waals surface area contributed by atoms with E-state index in [1.165, 1.54) is 10.8 Å². The number of aromatic nitrogens is 1. The topological polar surface area (TPSA) is 52.6 Å². The molecule has 1 spiro atoms. The van der Waals surface area contributed by atoms with E-state index >= 15 is 0 Å². The van der Waals surface area contributed by atoms with Crippen LogP contribution in [0.3, 0.4) is 0 Å². The summed E-state index contributed by atoms with van der Waals surface area (Å²) >= 11 is 0. The standard InChI is InChI=1S/C23H24N2O3/c1-15-20-4-3-16(11-17(20)5-8-25-15)18-12-19-14-27-23(6-9-24-10-7-23)28-22(19)21(13-18)26-2/h3-5,8,11-13,24H,6-7,9-10,14H2,1-2H3. The molecule has 5 nitrogen and oxygen atoms in total. The molecule has 3 aromatic rings. The highest BCUT2D eigenvalue weighted by molar-refractivity contribution is 5.89. The van der Waals surface area contributed by atoms with Crippen molar-refractivity contribution in [3.8, 4) is 22.6 Å². The number of piperidine rings is 1. The fourth-order valence-corrected chi connectivity index (χ4v) is 4.19. The van der Waals surface area contributed by atoms with Gasteiger partial charge in [0.25, 0.3) is 0 Å². The first kappa shape index (κ1) is 17.5. The summed E-state index contributed by atoms with van der Waals surface area (Å²) in [4.78, 5) is 4.38. The first-order valence-electron chi connectivity index (χ1n) is 9.78. The van der Waals surface area contributed by atoms with Gasteiger partial charge in [-0.1, -0.05) is 12.1 Å². The zero-order valence-electron chi connectivity index (χ0n) is 16.2. The van der Waals surface area contributed by atoms with E-state index in [9.17, 15) is 0 Å². The molecule has 2 aromatic carbocycles. The Hall–Kier alpha value is -2.63. The minimum absolute atomic E-state index is 0.527. The van der Waals surface area contributed by atoms with Crippen molar-refractivity contribution in [1.29, 1.82) is 0 Å². The number of hydrogen-bond acceptors (Lipinski definition) is 5. The van der Waals surface area contributed by atoms with Gasteiger partial charge in [0.2, 0.25) is 5.79 Å². The highest BCUT2D eigenvalue weighted by Crippen LogP contribution is 2.44. The summed E-state index contributed by atoms with van der Waals surface area (Å²) in [5.41, 5.74) is 4.31. The number of ether oxygens (including phenoxy) is 3. The number of benzene rings is 2. The van der Waals surface area contributed by atoms with Gasteiger partial charge in [-0.05, 0) is 47.7 Å². The summed E-state index contributed by atoms with van der Waals surface area (Å²) in [5, 5.41) is 5.72. The van der Waals surface area contributed by atoms with Crippen LogP contribution in [0.1, 0.15) is 24.1 Å². The molecule has 5 rings (SSSR count). The number of rotatable bonds is 2. The summed E-state index contributed by atoms with van der Waals surface area (Å²) in [6, 6.07) is 12.7. The van der Waals surface area contributed by atoms with Crippen LogP contribution in [0, 0.1) is 6.92 Å². The van der Waals surface area contributed by atoms with E-state index in [1.807, 2.05) is 13.1 Å². The maximum Gasteiger partial charge on any atom is 0.213 e. The number of aryl methyl sites for hydroxylation is 1. The van der Waals surface area contributed by atoms with Gasteiger partial charge in [-0.15, -0.1) is 0 Å². The number of pyridine rings is 1. The molecule has 2 aliphatic rings. The van der Waals surface area contributed by atoms with Gasteiger partial charge >= 0.3 is 0 Å². The Morgan fingerprint density at radius 2 is 1.93 bits per heavy atom. The van der Waals surface area contributed by atoms with Crippen molar-refractivity contribution in [3.63, 3.8) is 0 Å². The first-order chi connectivity index (χ1) is 13.7. The van der Waals surface area contributed by atoms with Gasteiger partial charge in [-0.25, -0.2) is 0 Å². The maximum absolute atomic E-state index is 6.36. The van der Waals surface area contributed by atoms with Gasteiger partial charge in [0.15, 0.2) is 11.5 Å². The Bertz CT molecular complexity index is 1020. The van der Waals surface area contributed by atoms with Crippen LogP contribution in [0.2, 0.25) is 0 Å². The molecular weight excluding hydrogens is 352 g/mol. The molecule has 3 heterocycles. The van der Waals surface area contributed by atoms with Crippen molar-refractivity contribution >= 4 is 10.8 Å². The van der Waals surface area contributed by atoms with E-state index in [0.29, 0.717) is 6.61 Å². The molecule has 0 saturated carbocycles. The van der Waals surface area contributed by atoms with E-state index in [1.54, 1.807) is 7.11 Å². The SMILES string of the molecule is COc1cc(-c2ccc3c(C)nccc3c2)cc2c1OC1(CCNCC1)OC2. The summed E-state index contributed by atoms with van der Waals surface area (Å²) in [6.45, 7) is 4.38. The van der Waals surface area contributed by atoms with Crippen molar-refractivity contribution in [2.75, 3.05) is 20.2 Å². The Morgan fingerprint density at radius 3 is 2.75 bits per heavy atom. The Morgan fingerprint density at radius 1 is 1.07 bits per heavy atom.